The molecule has 43 heavy (non-hydrogen) atoms. The van der Waals surface area contributed by atoms with Crippen molar-refractivity contribution in [3.63, 3.8) is 0 Å². The largest absolute Gasteiger partial charge is 0.476 e. The number of carbonyl (C=O) groups excluding carboxylic acids is 1. The topological polar surface area (TPSA) is 102 Å². The van der Waals surface area contributed by atoms with E-state index in [-0.39, 0.29) is 0 Å². The second kappa shape index (κ2) is 19.0. The van der Waals surface area contributed by atoms with Crippen LogP contribution in [-0.4, -0.2) is 25.8 Å². The van der Waals surface area contributed by atoms with Crippen molar-refractivity contribution in [1.29, 1.82) is 5.26 Å². The predicted molar refractivity (Wildman–Crippen MR) is 156 cm³/mol. The number of nitrogens with zero attached hydrogens (tertiary/aromatic N) is 3. The van der Waals surface area contributed by atoms with Crippen LogP contribution in [0.25, 0.3) is 5.69 Å². The highest BCUT2D eigenvalue weighted by Crippen LogP contribution is 2.40. The molecule has 0 fully saturated rings. The third-order valence-electron chi connectivity index (χ3n) is 6.02. The Kier molecular flexibility index (Phi) is 17.0. The van der Waals surface area contributed by atoms with Crippen molar-refractivity contribution in [1.82, 2.24) is 9.78 Å². The quantitative estimate of drug-likeness (QED) is 0.0877. The molecule has 1 heterocycles. The molecule has 240 valence electrons. The fourth-order valence-electron chi connectivity index (χ4n) is 3.84. The lowest BCUT2D eigenvalue weighted by molar-refractivity contribution is -0.137. The minimum absolute atomic E-state index is 0.433. The van der Waals surface area contributed by atoms with Gasteiger partial charge in [-0.15, -0.1) is 0 Å². The first kappa shape index (κ1) is 38.5. The first-order chi connectivity index (χ1) is 20.2. The van der Waals surface area contributed by atoms with Gasteiger partial charge in [-0.2, -0.15) is 36.7 Å². The van der Waals surface area contributed by atoms with Crippen LogP contribution in [0.15, 0.2) is 29.2 Å². The number of benzene rings is 1. The van der Waals surface area contributed by atoms with Crippen LogP contribution in [0.1, 0.15) is 95.2 Å². The molecule has 2 rings (SSSR count). The summed E-state index contributed by atoms with van der Waals surface area (Å²) < 4.78 is 88.4. The van der Waals surface area contributed by atoms with Gasteiger partial charge in [-0.1, -0.05) is 80.8 Å². The summed E-state index contributed by atoms with van der Waals surface area (Å²) in [5.74, 6) is -0.902. The van der Waals surface area contributed by atoms with Crippen molar-refractivity contribution in [2.45, 2.75) is 101 Å². The maximum absolute atomic E-state index is 12.7. The Morgan fingerprint density at radius 1 is 0.930 bits per heavy atom. The standard InChI is InChI=1S/C16H30O.C12H4Cl2F6N4OS/c1-2-3-4-5-6-7-8-9-10-11-12-13-14-15-16-17;13-5-1-4(11(15,16)17)2-6(14)8(5)24-10(22)9(7(3-21)23-24)26(25)12(18,19)20/h7-8,16H,2-6,9-15H2,1H3;1-2H,22H2/b8-7-;. The number of allylic oxidation sites excluding steroid dienone is 2. The van der Waals surface area contributed by atoms with E-state index in [1.165, 1.54) is 70.3 Å². The first-order valence-electron chi connectivity index (χ1n) is 13.6. The zero-order valence-electron chi connectivity index (χ0n) is 23.5. The van der Waals surface area contributed by atoms with Gasteiger partial charge >= 0.3 is 11.7 Å². The smallest absolute Gasteiger partial charge is 0.383 e. The van der Waals surface area contributed by atoms with Crippen molar-refractivity contribution in [3.05, 3.63) is 45.6 Å². The van der Waals surface area contributed by atoms with Crippen LogP contribution in [0.2, 0.25) is 10.0 Å². The molecule has 6 nitrogen and oxygen atoms in total. The molecule has 0 bridgehead atoms. The van der Waals surface area contributed by atoms with Gasteiger partial charge < -0.3 is 10.5 Å². The number of halogens is 8. The van der Waals surface area contributed by atoms with Crippen LogP contribution < -0.4 is 5.73 Å². The van der Waals surface area contributed by atoms with E-state index in [9.17, 15) is 35.3 Å². The minimum atomic E-state index is -5.25. The number of hydrogen-bond acceptors (Lipinski definition) is 5. The van der Waals surface area contributed by atoms with E-state index < -0.39 is 60.2 Å². The molecule has 2 N–H and O–H groups in total. The second-order valence-electron chi connectivity index (χ2n) is 9.42. The number of nitrogens with two attached hydrogens (primary N) is 1. The molecule has 1 atom stereocenters. The van der Waals surface area contributed by atoms with E-state index >= 15 is 0 Å². The summed E-state index contributed by atoms with van der Waals surface area (Å²) in [6, 6.07) is 2.19. The van der Waals surface area contributed by atoms with E-state index in [1.54, 1.807) is 0 Å². The van der Waals surface area contributed by atoms with Gasteiger partial charge in [0.05, 0.1) is 15.6 Å². The molecule has 0 aliphatic rings. The maximum Gasteiger partial charge on any atom is 0.476 e. The molecule has 0 spiro atoms. The summed E-state index contributed by atoms with van der Waals surface area (Å²) in [5.41, 5.74) is -2.42. The summed E-state index contributed by atoms with van der Waals surface area (Å²) in [5, 5.41) is 11.1. The highest BCUT2D eigenvalue weighted by atomic mass is 35.5. The molecule has 0 aliphatic carbocycles. The maximum atomic E-state index is 12.7. The average molecular weight is 676 g/mol. The number of nitriles is 1. The van der Waals surface area contributed by atoms with Gasteiger partial charge in [0, 0.05) is 6.42 Å². The van der Waals surface area contributed by atoms with Crippen molar-refractivity contribution < 1.29 is 35.3 Å². The number of aromatic nitrogens is 2. The van der Waals surface area contributed by atoms with Crippen molar-refractivity contribution in [2.75, 3.05) is 5.73 Å². The van der Waals surface area contributed by atoms with Crippen molar-refractivity contribution in [2.24, 2.45) is 0 Å². The monoisotopic (exact) mass is 674 g/mol. The Balaban J connectivity index is 0.000000474. The lowest BCUT2D eigenvalue weighted by atomic mass is 10.1. The predicted octanol–water partition coefficient (Wildman–Crippen LogP) is 9.72. The molecule has 1 aromatic carbocycles. The number of anilines is 1. The molecule has 0 saturated carbocycles. The molecule has 0 saturated heterocycles. The lowest BCUT2D eigenvalue weighted by Crippen LogP contribution is -2.18. The lowest BCUT2D eigenvalue weighted by Gasteiger charge is -2.13. The average Bonchev–Trinajstić information content (AvgIpc) is 3.25. The third kappa shape index (κ3) is 12.9. The van der Waals surface area contributed by atoms with Crippen LogP contribution in [0.3, 0.4) is 0 Å². The van der Waals surface area contributed by atoms with Crippen molar-refractivity contribution >= 4 is 46.1 Å². The Bertz CT molecular complexity index is 1250. The Labute approximate surface area is 259 Å². The van der Waals surface area contributed by atoms with Gasteiger partial charge in [-0.3, -0.25) is 0 Å². The van der Waals surface area contributed by atoms with E-state index in [4.69, 9.17) is 34.2 Å². The SMILES string of the molecule is CCCCCC/C=C\CCCCCCCC=O.N#Cc1nn(-c2c(Cl)cc(C(F)(F)F)cc2Cl)c(N)c1S(=O)C(F)(F)F. The zero-order valence-corrected chi connectivity index (χ0v) is 25.9. The summed E-state index contributed by atoms with van der Waals surface area (Å²) in [4.78, 5) is 8.95. The molecule has 0 amide bonds. The molecule has 1 aromatic heterocycles. The number of carbonyl (C=O) groups is 1. The Morgan fingerprint density at radius 2 is 1.42 bits per heavy atom. The summed E-state index contributed by atoms with van der Waals surface area (Å²) in [7, 11) is -3.71. The number of nitrogen functional groups attached to an aromatic ring is 1. The first-order valence-corrected chi connectivity index (χ1v) is 15.5. The zero-order chi connectivity index (χ0) is 32.6. The number of alkyl halides is 6. The van der Waals surface area contributed by atoms with Crippen LogP contribution in [0.4, 0.5) is 32.2 Å². The fourth-order valence-corrected chi connectivity index (χ4v) is 5.25. The molecular weight excluding hydrogens is 641 g/mol. The van der Waals surface area contributed by atoms with Gasteiger partial charge in [0.2, 0.25) is 0 Å². The van der Waals surface area contributed by atoms with Crippen LogP contribution in [-0.2, 0) is 21.8 Å². The third-order valence-corrected chi connectivity index (χ3v) is 7.79. The van der Waals surface area contributed by atoms with Crippen LogP contribution in [0.5, 0.6) is 0 Å². The van der Waals surface area contributed by atoms with Gasteiger partial charge in [0.15, 0.2) is 16.5 Å². The molecule has 15 heteroatoms. The second-order valence-corrected chi connectivity index (χ2v) is 11.6. The minimum Gasteiger partial charge on any atom is -0.383 e. The Morgan fingerprint density at radius 3 is 1.86 bits per heavy atom. The van der Waals surface area contributed by atoms with Crippen LogP contribution in [0, 0.1) is 11.3 Å². The number of hydrogen-bond donors (Lipinski definition) is 1. The molecule has 0 aliphatic heterocycles. The van der Waals surface area contributed by atoms with Gasteiger partial charge in [0.1, 0.15) is 28.8 Å². The van der Waals surface area contributed by atoms with Gasteiger partial charge in [-0.25, -0.2) is 8.89 Å². The highest BCUT2D eigenvalue weighted by molar-refractivity contribution is 7.86. The molecule has 0 radical (unpaired) electrons. The van der Waals surface area contributed by atoms with Gasteiger partial charge in [-0.05, 0) is 44.2 Å². The summed E-state index contributed by atoms with van der Waals surface area (Å²) in [6.07, 6.45) is 15.9. The summed E-state index contributed by atoms with van der Waals surface area (Å²) in [6.45, 7) is 2.25. The number of unbranched alkanes of at least 4 members (excludes halogenated alkanes) is 10. The molecule has 2 aromatic rings. The number of aldehydes is 1. The van der Waals surface area contributed by atoms with E-state index in [1.807, 2.05) is 0 Å². The highest BCUT2D eigenvalue weighted by Gasteiger charge is 2.42. The molecular formula is C28H34Cl2F6N4O2S. The van der Waals surface area contributed by atoms with E-state index in [2.05, 4.69) is 24.2 Å². The van der Waals surface area contributed by atoms with Crippen molar-refractivity contribution in [3.8, 4) is 11.8 Å². The fraction of sp³-hybridized carbons (Fsp3) is 0.536. The normalized spacial score (nSPS) is 12.6. The van der Waals surface area contributed by atoms with E-state index in [0.717, 1.165) is 19.1 Å². The van der Waals surface area contributed by atoms with E-state index in [0.29, 0.717) is 16.8 Å². The van der Waals surface area contributed by atoms with Crippen LogP contribution >= 0.6 is 23.2 Å². The molecule has 1 unspecified atom stereocenters. The summed E-state index contributed by atoms with van der Waals surface area (Å²) >= 11 is 11.5. The number of rotatable bonds is 15. The van der Waals surface area contributed by atoms with Gasteiger partial charge in [0.25, 0.3) is 0 Å². The Hall–Kier alpha value is -2.56.